The van der Waals surface area contributed by atoms with E-state index in [1.807, 2.05) is 24.3 Å². The van der Waals surface area contributed by atoms with E-state index in [2.05, 4.69) is 10.3 Å². The van der Waals surface area contributed by atoms with E-state index in [4.69, 9.17) is 0 Å². The maximum absolute atomic E-state index is 13.2. The third-order valence-electron chi connectivity index (χ3n) is 3.60. The molecule has 0 saturated carbocycles. The van der Waals surface area contributed by atoms with E-state index in [9.17, 15) is 13.2 Å². The minimum atomic E-state index is -4.31. The molecule has 1 unspecified atom stereocenters. The Morgan fingerprint density at radius 3 is 2.48 bits per heavy atom. The van der Waals surface area contributed by atoms with Gasteiger partial charge >= 0.3 is 6.18 Å². The van der Waals surface area contributed by atoms with Gasteiger partial charge in [-0.25, -0.2) is 0 Å². The van der Waals surface area contributed by atoms with Gasteiger partial charge in [-0.2, -0.15) is 13.2 Å². The number of hydrogen-bond acceptors (Lipinski definition) is 1. The highest BCUT2D eigenvalue weighted by molar-refractivity contribution is 6.07. The Hall–Kier alpha value is -2.01. The van der Waals surface area contributed by atoms with Crippen LogP contribution in [0, 0.1) is 0 Å². The van der Waals surface area contributed by atoms with Crippen LogP contribution in [0.25, 0.3) is 21.8 Å². The van der Waals surface area contributed by atoms with Crippen molar-refractivity contribution in [2.24, 2.45) is 0 Å². The molecule has 1 atom stereocenters. The number of fused-ring (bicyclic) bond motifs is 3. The first kappa shape index (κ1) is 13.9. The Morgan fingerprint density at radius 1 is 1.05 bits per heavy atom. The second kappa shape index (κ2) is 5.07. The fourth-order valence-corrected chi connectivity index (χ4v) is 2.67. The second-order valence-corrected chi connectivity index (χ2v) is 5.01. The smallest absolute Gasteiger partial charge is 0.355 e. The van der Waals surface area contributed by atoms with Gasteiger partial charge in [0.15, 0.2) is 0 Å². The van der Waals surface area contributed by atoms with Crippen molar-refractivity contribution in [3.63, 3.8) is 0 Å². The first-order chi connectivity index (χ1) is 10.0. The lowest BCUT2D eigenvalue weighted by atomic mass is 10.0. The SMILES string of the molecule is CCNC(c1ccc2[nH]c3ccccc3c2c1)C(F)(F)F. The number of aromatic nitrogens is 1. The highest BCUT2D eigenvalue weighted by Gasteiger charge is 2.40. The van der Waals surface area contributed by atoms with Crippen LogP contribution in [0.15, 0.2) is 42.5 Å². The van der Waals surface area contributed by atoms with Crippen molar-refractivity contribution < 1.29 is 13.2 Å². The van der Waals surface area contributed by atoms with Crippen molar-refractivity contribution >= 4 is 21.8 Å². The zero-order valence-corrected chi connectivity index (χ0v) is 11.5. The summed E-state index contributed by atoms with van der Waals surface area (Å²) in [6, 6.07) is 10.8. The quantitative estimate of drug-likeness (QED) is 0.729. The lowest BCUT2D eigenvalue weighted by Gasteiger charge is -2.21. The van der Waals surface area contributed by atoms with Gasteiger partial charge in [0.25, 0.3) is 0 Å². The van der Waals surface area contributed by atoms with Gasteiger partial charge in [-0.1, -0.05) is 31.2 Å². The number of H-pyrrole nitrogens is 1. The molecule has 1 aromatic heterocycles. The van der Waals surface area contributed by atoms with Gasteiger partial charge in [0.05, 0.1) is 0 Å². The largest absolute Gasteiger partial charge is 0.407 e. The van der Waals surface area contributed by atoms with Crippen LogP contribution in [0.5, 0.6) is 0 Å². The van der Waals surface area contributed by atoms with E-state index < -0.39 is 12.2 Å². The lowest BCUT2D eigenvalue weighted by Crippen LogP contribution is -2.33. The van der Waals surface area contributed by atoms with E-state index in [-0.39, 0.29) is 12.1 Å². The van der Waals surface area contributed by atoms with E-state index in [1.165, 1.54) is 6.07 Å². The van der Waals surface area contributed by atoms with Crippen LogP contribution in [0.3, 0.4) is 0 Å². The second-order valence-electron chi connectivity index (χ2n) is 5.01. The van der Waals surface area contributed by atoms with Gasteiger partial charge < -0.3 is 10.3 Å². The molecule has 0 amide bonds. The average molecular weight is 292 g/mol. The molecule has 1 heterocycles. The topological polar surface area (TPSA) is 27.8 Å². The molecule has 110 valence electrons. The van der Waals surface area contributed by atoms with E-state index in [1.54, 1.807) is 19.1 Å². The fraction of sp³-hybridized carbons (Fsp3) is 0.250. The van der Waals surface area contributed by atoms with E-state index in [0.29, 0.717) is 0 Å². The molecule has 0 spiro atoms. The molecule has 0 saturated heterocycles. The lowest BCUT2D eigenvalue weighted by molar-refractivity contribution is -0.157. The van der Waals surface area contributed by atoms with Crippen LogP contribution in [0.1, 0.15) is 18.5 Å². The van der Waals surface area contributed by atoms with Crippen LogP contribution >= 0.6 is 0 Å². The van der Waals surface area contributed by atoms with Crippen molar-refractivity contribution in [3.8, 4) is 0 Å². The Kier molecular flexibility index (Phi) is 3.37. The standard InChI is InChI=1S/C16H15F3N2/c1-2-20-15(16(17,18)19)10-7-8-14-12(9-10)11-5-3-4-6-13(11)21-14/h3-9,15,20-21H,2H2,1H3. The third-order valence-corrected chi connectivity index (χ3v) is 3.60. The van der Waals surface area contributed by atoms with Crippen LogP contribution in [0.2, 0.25) is 0 Å². The number of halogens is 3. The van der Waals surface area contributed by atoms with Gasteiger partial charge in [0, 0.05) is 21.8 Å². The number of alkyl halides is 3. The Balaban J connectivity index is 2.17. The molecule has 0 aliphatic carbocycles. The summed E-state index contributed by atoms with van der Waals surface area (Å²) in [7, 11) is 0. The van der Waals surface area contributed by atoms with Crippen LogP contribution in [-0.2, 0) is 0 Å². The number of nitrogens with one attached hydrogen (secondary N) is 2. The van der Waals surface area contributed by atoms with Crippen molar-refractivity contribution in [1.29, 1.82) is 0 Å². The number of benzene rings is 2. The maximum Gasteiger partial charge on any atom is 0.407 e. The maximum atomic E-state index is 13.2. The third kappa shape index (κ3) is 2.49. The first-order valence-corrected chi connectivity index (χ1v) is 6.81. The molecule has 3 aromatic rings. The summed E-state index contributed by atoms with van der Waals surface area (Å²) in [5.41, 5.74) is 2.01. The molecule has 0 fully saturated rings. The molecule has 2 N–H and O–H groups in total. The minimum Gasteiger partial charge on any atom is -0.355 e. The first-order valence-electron chi connectivity index (χ1n) is 6.81. The number of rotatable bonds is 3. The molecule has 5 heteroatoms. The molecular weight excluding hydrogens is 277 g/mol. The number of para-hydroxylation sites is 1. The van der Waals surface area contributed by atoms with E-state index >= 15 is 0 Å². The monoisotopic (exact) mass is 292 g/mol. The molecule has 2 aromatic carbocycles. The Labute approximate surface area is 120 Å². The molecule has 0 aliphatic heterocycles. The normalized spacial score (nSPS) is 13.9. The predicted octanol–water partition coefficient (Wildman–Crippen LogP) is 4.53. The average Bonchev–Trinajstić information content (AvgIpc) is 2.81. The number of hydrogen-bond donors (Lipinski definition) is 2. The summed E-state index contributed by atoms with van der Waals surface area (Å²) >= 11 is 0. The Bertz CT molecular complexity index is 774. The predicted molar refractivity (Wildman–Crippen MR) is 78.3 cm³/mol. The molecular formula is C16H15F3N2. The van der Waals surface area contributed by atoms with Crippen LogP contribution in [0.4, 0.5) is 13.2 Å². The highest BCUT2D eigenvalue weighted by Crippen LogP contribution is 2.35. The van der Waals surface area contributed by atoms with Gasteiger partial charge in [-0.3, -0.25) is 0 Å². The summed E-state index contributed by atoms with van der Waals surface area (Å²) < 4.78 is 39.5. The number of aromatic amines is 1. The van der Waals surface area contributed by atoms with Crippen LogP contribution < -0.4 is 5.32 Å². The van der Waals surface area contributed by atoms with Crippen LogP contribution in [-0.4, -0.2) is 17.7 Å². The van der Waals surface area contributed by atoms with E-state index in [0.717, 1.165) is 21.8 Å². The fourth-order valence-electron chi connectivity index (χ4n) is 2.67. The molecule has 0 radical (unpaired) electrons. The summed E-state index contributed by atoms with van der Waals surface area (Å²) in [5, 5.41) is 4.26. The molecule has 0 bridgehead atoms. The minimum absolute atomic E-state index is 0.238. The van der Waals surface area contributed by atoms with Gasteiger partial charge in [-0.05, 0) is 30.3 Å². The summed E-state index contributed by atoms with van der Waals surface area (Å²) in [6.07, 6.45) is -4.31. The summed E-state index contributed by atoms with van der Waals surface area (Å²) in [4.78, 5) is 3.21. The van der Waals surface area contributed by atoms with Crippen molar-refractivity contribution in [2.75, 3.05) is 6.54 Å². The summed E-state index contributed by atoms with van der Waals surface area (Å²) in [5.74, 6) is 0. The zero-order chi connectivity index (χ0) is 15.0. The molecule has 3 rings (SSSR count). The van der Waals surface area contributed by atoms with Gasteiger partial charge in [0.1, 0.15) is 6.04 Å². The Morgan fingerprint density at radius 2 is 1.76 bits per heavy atom. The van der Waals surface area contributed by atoms with Crippen molar-refractivity contribution in [1.82, 2.24) is 10.3 Å². The highest BCUT2D eigenvalue weighted by atomic mass is 19.4. The molecule has 0 aliphatic rings. The van der Waals surface area contributed by atoms with Gasteiger partial charge in [-0.15, -0.1) is 0 Å². The molecule has 21 heavy (non-hydrogen) atoms. The molecule has 2 nitrogen and oxygen atoms in total. The van der Waals surface area contributed by atoms with Crippen molar-refractivity contribution in [3.05, 3.63) is 48.0 Å². The van der Waals surface area contributed by atoms with Crippen molar-refractivity contribution in [2.45, 2.75) is 19.1 Å². The zero-order valence-electron chi connectivity index (χ0n) is 11.5. The summed E-state index contributed by atoms with van der Waals surface area (Å²) in [6.45, 7) is 1.93. The van der Waals surface area contributed by atoms with Gasteiger partial charge in [0.2, 0.25) is 0 Å².